The molecule has 0 saturated carbocycles. The van der Waals surface area contributed by atoms with E-state index in [-0.39, 0.29) is 24.1 Å². The molecule has 2 aliphatic rings. The number of nitrogens with zero attached hydrogens (tertiary/aromatic N) is 4. The lowest BCUT2D eigenvalue weighted by Crippen LogP contribution is -2.53. The number of hydrogen-bond acceptors (Lipinski definition) is 11. The number of phenols is 1. The Morgan fingerprint density at radius 2 is 1.53 bits per heavy atom. The molecule has 0 aliphatic carbocycles. The monoisotopic (exact) mass is 799 g/mol. The number of carbonyl (C=O) groups is 5. The fourth-order valence-corrected chi connectivity index (χ4v) is 7.32. The number of anilines is 2. The van der Waals surface area contributed by atoms with Gasteiger partial charge in [0.15, 0.2) is 6.10 Å². The van der Waals surface area contributed by atoms with Gasteiger partial charge in [0, 0.05) is 76.7 Å². The highest BCUT2D eigenvalue weighted by Crippen LogP contribution is 2.26. The van der Waals surface area contributed by atoms with Crippen molar-refractivity contribution in [3.63, 3.8) is 0 Å². The van der Waals surface area contributed by atoms with Crippen molar-refractivity contribution in [2.75, 3.05) is 69.9 Å². The van der Waals surface area contributed by atoms with Crippen molar-refractivity contribution >= 4 is 41.7 Å². The van der Waals surface area contributed by atoms with Crippen molar-refractivity contribution in [3.8, 4) is 5.75 Å². The predicted octanol–water partition coefficient (Wildman–Crippen LogP) is 5.32. The first-order valence-electron chi connectivity index (χ1n) is 19.9. The minimum atomic E-state index is -1.09. The second-order valence-electron chi connectivity index (χ2n) is 16.0. The van der Waals surface area contributed by atoms with Crippen LogP contribution in [0.4, 0.5) is 16.2 Å². The maximum Gasteiger partial charge on any atom is 0.410 e. The molecule has 2 heterocycles. The average Bonchev–Trinajstić information content (AvgIpc) is 3.22. The van der Waals surface area contributed by atoms with Gasteiger partial charge in [0.25, 0.3) is 5.91 Å². The smallest absolute Gasteiger partial charge is 0.410 e. The van der Waals surface area contributed by atoms with Crippen molar-refractivity contribution < 1.29 is 43.3 Å². The number of likely N-dealkylation sites (tertiary alicyclic amines) is 1. The molecule has 0 aromatic heterocycles. The van der Waals surface area contributed by atoms with E-state index >= 15 is 0 Å². The van der Waals surface area contributed by atoms with E-state index in [9.17, 15) is 29.1 Å². The van der Waals surface area contributed by atoms with E-state index in [1.54, 1.807) is 80.8 Å². The molecule has 2 aliphatic heterocycles. The lowest BCUT2D eigenvalue weighted by Gasteiger charge is -2.38. The van der Waals surface area contributed by atoms with Crippen LogP contribution in [-0.4, -0.2) is 122 Å². The highest BCUT2D eigenvalue weighted by Gasteiger charge is 2.34. The van der Waals surface area contributed by atoms with E-state index in [2.05, 4.69) is 10.2 Å². The second-order valence-corrected chi connectivity index (χ2v) is 16.0. The van der Waals surface area contributed by atoms with Crippen LogP contribution >= 0.6 is 0 Å². The Morgan fingerprint density at radius 3 is 2.14 bits per heavy atom. The molecule has 2 saturated heterocycles. The van der Waals surface area contributed by atoms with Crippen molar-refractivity contribution in [1.29, 1.82) is 0 Å². The molecule has 0 bridgehead atoms. The number of rotatable bonds is 14. The summed E-state index contributed by atoms with van der Waals surface area (Å²) < 4.78 is 16.2. The van der Waals surface area contributed by atoms with Gasteiger partial charge >= 0.3 is 18.0 Å². The molecular formula is C44H57N5O9. The second kappa shape index (κ2) is 19.6. The number of nitrogens with one attached hydrogen (secondary N) is 1. The Kier molecular flexibility index (Phi) is 14.6. The first kappa shape index (κ1) is 43.3. The van der Waals surface area contributed by atoms with Crippen LogP contribution in [0.1, 0.15) is 66.2 Å². The average molecular weight is 800 g/mol. The lowest BCUT2D eigenvalue weighted by molar-refractivity contribution is -0.161. The number of esters is 2. The summed E-state index contributed by atoms with van der Waals surface area (Å²) in [6, 6.07) is 18.5. The molecule has 3 aromatic rings. The number of hydrogen-bond donors (Lipinski definition) is 2. The van der Waals surface area contributed by atoms with E-state index < -0.39 is 36.3 Å². The third kappa shape index (κ3) is 11.2. The van der Waals surface area contributed by atoms with E-state index in [0.717, 1.165) is 28.9 Å². The van der Waals surface area contributed by atoms with Crippen LogP contribution in [-0.2, 0) is 41.4 Å². The molecule has 1 atom stereocenters. The minimum Gasteiger partial charge on any atom is -0.507 e. The first-order valence-corrected chi connectivity index (χ1v) is 19.9. The number of para-hydroxylation sites is 1. The van der Waals surface area contributed by atoms with Gasteiger partial charge in [-0.15, -0.1) is 0 Å². The van der Waals surface area contributed by atoms with Gasteiger partial charge in [-0.1, -0.05) is 30.3 Å². The number of ether oxygens (including phenoxy) is 3. The van der Waals surface area contributed by atoms with Crippen molar-refractivity contribution in [1.82, 2.24) is 14.7 Å². The summed E-state index contributed by atoms with van der Waals surface area (Å²) in [4.78, 5) is 71.7. The van der Waals surface area contributed by atoms with Crippen LogP contribution in [0.15, 0.2) is 60.7 Å². The van der Waals surface area contributed by atoms with E-state index in [1.807, 2.05) is 36.2 Å². The van der Waals surface area contributed by atoms with Gasteiger partial charge in [-0.2, -0.15) is 0 Å². The van der Waals surface area contributed by atoms with E-state index in [1.165, 1.54) is 0 Å². The van der Waals surface area contributed by atoms with Gasteiger partial charge in [-0.25, -0.2) is 9.59 Å². The molecule has 14 heteroatoms. The fourth-order valence-electron chi connectivity index (χ4n) is 7.32. The van der Waals surface area contributed by atoms with Crippen LogP contribution in [0.2, 0.25) is 0 Å². The third-order valence-electron chi connectivity index (χ3n) is 10.8. The fraction of sp³-hybridized carbons (Fsp3) is 0.477. The van der Waals surface area contributed by atoms with Crippen molar-refractivity contribution in [2.24, 2.45) is 5.41 Å². The van der Waals surface area contributed by atoms with Crippen LogP contribution in [0.3, 0.4) is 0 Å². The Labute approximate surface area is 341 Å². The molecule has 14 nitrogen and oxygen atoms in total. The quantitative estimate of drug-likeness (QED) is 0.124. The Balaban J connectivity index is 1.17. The summed E-state index contributed by atoms with van der Waals surface area (Å²) in [7, 11) is 1.88. The number of aryl methyl sites for hydroxylation is 2. The number of piperidine rings is 1. The zero-order valence-electron chi connectivity index (χ0n) is 34.5. The summed E-state index contributed by atoms with van der Waals surface area (Å²) >= 11 is 0. The highest BCUT2D eigenvalue weighted by molar-refractivity contribution is 5.90. The Morgan fingerprint density at radius 1 is 0.897 bits per heavy atom. The Bertz CT molecular complexity index is 1890. The summed E-state index contributed by atoms with van der Waals surface area (Å²) in [5.74, 6) is -1.20. The van der Waals surface area contributed by atoms with Gasteiger partial charge in [0.2, 0.25) is 13.2 Å². The third-order valence-corrected chi connectivity index (χ3v) is 10.8. The lowest BCUT2D eigenvalue weighted by atomic mass is 9.98. The molecule has 58 heavy (non-hydrogen) atoms. The van der Waals surface area contributed by atoms with Crippen molar-refractivity contribution in [2.45, 2.75) is 72.4 Å². The molecule has 0 unspecified atom stereocenters. The van der Waals surface area contributed by atoms with E-state index in [0.29, 0.717) is 81.8 Å². The van der Waals surface area contributed by atoms with Gasteiger partial charge in [-0.05, 0) is 106 Å². The predicted molar refractivity (Wildman–Crippen MR) is 220 cm³/mol. The number of amides is 3. The molecule has 3 aromatic carbocycles. The normalized spacial score (nSPS) is 15.3. The molecule has 5 rings (SSSR count). The molecule has 0 spiro atoms. The largest absolute Gasteiger partial charge is 0.507 e. The standard InChI is InChI=1S/C44H57N5O9/c1-30-25-32(26-31(2)39(30)51)27-38(58-43(55)48-19-16-36(17-20-48)49(28-50)18-15-33-9-7-8-10-37(33)45-6)40(52)47-23-21-46(22-24-47)35-13-11-34(12-14-35)41(53)56-29-57-42(54)44(3,4)5/h7-14,25-26,28,36,38,45,51H,15-24,27,29H2,1-6H3/t38-/m1/s1. The maximum absolute atomic E-state index is 14.1. The minimum absolute atomic E-state index is 0.0186. The highest BCUT2D eigenvalue weighted by atomic mass is 16.7. The number of piperazine rings is 1. The first-order chi connectivity index (χ1) is 27.7. The molecule has 2 N–H and O–H groups in total. The zero-order valence-corrected chi connectivity index (χ0v) is 34.5. The summed E-state index contributed by atoms with van der Waals surface area (Å²) in [5.41, 5.74) is 4.72. The molecule has 2 fully saturated rings. The van der Waals surface area contributed by atoms with Crippen LogP contribution < -0.4 is 10.2 Å². The molecular weight excluding hydrogens is 743 g/mol. The van der Waals surface area contributed by atoms with E-state index in [4.69, 9.17) is 14.2 Å². The van der Waals surface area contributed by atoms with Gasteiger partial charge in [0.05, 0.1) is 11.0 Å². The Hall–Kier alpha value is -5.79. The van der Waals surface area contributed by atoms with Crippen LogP contribution in [0.25, 0.3) is 0 Å². The number of aromatic hydroxyl groups is 1. The summed E-state index contributed by atoms with van der Waals surface area (Å²) in [6.07, 6.45) is 1.25. The SMILES string of the molecule is CNc1ccccc1CCN(C=O)C1CCN(C(=O)O[C@H](Cc2cc(C)c(O)c(C)c2)C(=O)N2CCN(c3ccc(C(=O)OCOC(=O)C(C)(C)C)cc3)CC2)CC1. The van der Waals surface area contributed by atoms with Crippen LogP contribution in [0.5, 0.6) is 5.75 Å². The summed E-state index contributed by atoms with van der Waals surface area (Å²) in [6.45, 7) is 11.4. The van der Waals surface area contributed by atoms with Crippen LogP contribution in [0, 0.1) is 19.3 Å². The van der Waals surface area contributed by atoms with Gasteiger partial charge in [0.1, 0.15) is 5.75 Å². The maximum atomic E-state index is 14.1. The number of benzene rings is 3. The zero-order chi connectivity index (χ0) is 42.0. The molecule has 0 radical (unpaired) electrons. The summed E-state index contributed by atoms with van der Waals surface area (Å²) in [5, 5.41) is 13.6. The van der Waals surface area contributed by atoms with Gasteiger partial charge in [-0.3, -0.25) is 14.4 Å². The number of phenolic OH excluding ortho intramolecular Hbond substituents is 1. The van der Waals surface area contributed by atoms with Crippen molar-refractivity contribution in [3.05, 3.63) is 88.5 Å². The molecule has 312 valence electrons. The van der Waals surface area contributed by atoms with Gasteiger partial charge < -0.3 is 44.2 Å². The number of carbonyl (C=O) groups excluding carboxylic acids is 5. The topological polar surface area (TPSA) is 158 Å². The molecule has 3 amide bonds.